The first-order chi connectivity index (χ1) is 14.0. The number of hydrogen-bond acceptors (Lipinski definition) is 5. The highest BCUT2D eigenvalue weighted by Gasteiger charge is 2.43. The third-order valence-corrected chi connectivity index (χ3v) is 5.73. The average Bonchev–Trinajstić information content (AvgIpc) is 3.00. The fraction of sp³-hybridized carbons (Fsp3) is 0.217. The molecular formula is C23H20BrNO4. The first-order valence-electron chi connectivity index (χ1n) is 9.34. The molecule has 0 saturated carbocycles. The number of allylic oxidation sites excluding steroid dienone is 2. The smallest absolute Gasteiger partial charge is 0.336 e. The molecule has 1 N–H and O–H groups in total. The van der Waals surface area contributed by atoms with Gasteiger partial charge in [0.15, 0.2) is 5.78 Å². The maximum absolute atomic E-state index is 13.4. The summed E-state index contributed by atoms with van der Waals surface area (Å²) in [6.07, 6.45) is 0. The van der Waals surface area contributed by atoms with Crippen molar-refractivity contribution in [3.05, 3.63) is 80.5 Å². The Kier molecular flexibility index (Phi) is 5.04. The van der Waals surface area contributed by atoms with Crippen molar-refractivity contribution in [2.45, 2.75) is 19.8 Å². The van der Waals surface area contributed by atoms with Crippen molar-refractivity contribution in [1.29, 1.82) is 0 Å². The molecule has 5 nitrogen and oxygen atoms in total. The lowest BCUT2D eigenvalue weighted by Crippen LogP contribution is -2.29. The number of nitrogens with one attached hydrogen (secondary N) is 1. The second-order valence-electron chi connectivity index (χ2n) is 6.87. The van der Waals surface area contributed by atoms with Crippen LogP contribution in [0.4, 0.5) is 0 Å². The zero-order valence-corrected chi connectivity index (χ0v) is 17.9. The van der Waals surface area contributed by atoms with Gasteiger partial charge < -0.3 is 14.8 Å². The predicted octanol–water partition coefficient (Wildman–Crippen LogP) is 4.59. The third-order valence-electron chi connectivity index (χ3n) is 5.24. The molecule has 1 aliphatic carbocycles. The number of halogens is 1. The van der Waals surface area contributed by atoms with E-state index in [0.29, 0.717) is 34.8 Å². The van der Waals surface area contributed by atoms with E-state index in [1.54, 1.807) is 0 Å². The van der Waals surface area contributed by atoms with Gasteiger partial charge in [-0.2, -0.15) is 0 Å². The number of ether oxygens (including phenoxy) is 2. The number of carbonyl (C=O) groups excluding carboxylic acids is 2. The Balaban J connectivity index is 2.00. The van der Waals surface area contributed by atoms with E-state index in [2.05, 4.69) is 21.2 Å². The Morgan fingerprint density at radius 3 is 2.59 bits per heavy atom. The number of Topliss-reactive ketones (excluding diaryl/α,β-unsaturated/α-hetero) is 1. The van der Waals surface area contributed by atoms with Crippen LogP contribution < -0.4 is 10.1 Å². The molecule has 0 aromatic heterocycles. The van der Waals surface area contributed by atoms with Gasteiger partial charge in [-0.25, -0.2) is 4.79 Å². The molecule has 0 saturated heterocycles. The quantitative estimate of drug-likeness (QED) is 0.685. The van der Waals surface area contributed by atoms with E-state index < -0.39 is 11.9 Å². The molecule has 2 aromatic rings. The van der Waals surface area contributed by atoms with Gasteiger partial charge in [-0.15, -0.1) is 0 Å². The van der Waals surface area contributed by atoms with Crippen molar-refractivity contribution in [1.82, 2.24) is 5.32 Å². The molecule has 0 unspecified atom stereocenters. The van der Waals surface area contributed by atoms with Crippen LogP contribution in [0.2, 0.25) is 0 Å². The lowest BCUT2D eigenvalue weighted by Gasteiger charge is -2.30. The molecule has 0 bridgehead atoms. The SMILES string of the molecule is CCOc1ccc(Br)cc1[C@H]1C(C(=O)OC)=C(C)NC2=C1C(=O)c1ccccc12. The minimum absolute atomic E-state index is 0.0931. The van der Waals surface area contributed by atoms with Crippen molar-refractivity contribution >= 4 is 33.4 Å². The van der Waals surface area contributed by atoms with Crippen LogP contribution in [0.5, 0.6) is 5.75 Å². The molecule has 0 spiro atoms. The summed E-state index contributed by atoms with van der Waals surface area (Å²) in [7, 11) is 1.35. The first kappa shape index (κ1) is 19.5. The average molecular weight is 454 g/mol. The largest absolute Gasteiger partial charge is 0.494 e. The van der Waals surface area contributed by atoms with Gasteiger partial charge >= 0.3 is 5.97 Å². The number of fused-ring (bicyclic) bond motifs is 2. The number of ketones is 1. The number of hydrogen-bond donors (Lipinski definition) is 1. The van der Waals surface area contributed by atoms with Crippen molar-refractivity contribution in [2.75, 3.05) is 13.7 Å². The summed E-state index contributed by atoms with van der Waals surface area (Å²) < 4.78 is 11.8. The van der Waals surface area contributed by atoms with Crippen LogP contribution in [0, 0.1) is 0 Å². The molecular weight excluding hydrogens is 434 g/mol. The number of methoxy groups -OCH3 is 1. The van der Waals surface area contributed by atoms with Crippen LogP contribution in [-0.4, -0.2) is 25.5 Å². The highest BCUT2D eigenvalue weighted by Crippen LogP contribution is 2.49. The van der Waals surface area contributed by atoms with Crippen LogP contribution in [0.25, 0.3) is 5.70 Å². The molecule has 4 rings (SSSR count). The van der Waals surface area contributed by atoms with E-state index in [1.165, 1.54) is 7.11 Å². The zero-order chi connectivity index (χ0) is 20.7. The molecule has 2 aliphatic rings. The predicted molar refractivity (Wildman–Crippen MR) is 114 cm³/mol. The normalized spacial score (nSPS) is 17.7. The molecule has 6 heteroatoms. The lowest BCUT2D eigenvalue weighted by atomic mass is 9.79. The fourth-order valence-electron chi connectivity index (χ4n) is 4.05. The first-order valence-corrected chi connectivity index (χ1v) is 10.1. The van der Waals surface area contributed by atoms with Gasteiger partial charge in [0.05, 0.1) is 30.9 Å². The number of rotatable bonds is 4. The number of esters is 1. The Labute approximate surface area is 177 Å². The number of carbonyl (C=O) groups is 2. The minimum atomic E-state index is -0.599. The van der Waals surface area contributed by atoms with Gasteiger partial charge in [0, 0.05) is 32.4 Å². The van der Waals surface area contributed by atoms with Crippen LogP contribution in [0.15, 0.2) is 63.8 Å². The summed E-state index contributed by atoms with van der Waals surface area (Å²) in [5.41, 5.74) is 4.56. The van der Waals surface area contributed by atoms with Gasteiger partial charge in [-0.3, -0.25) is 4.79 Å². The summed E-state index contributed by atoms with van der Waals surface area (Å²) in [4.78, 5) is 26.2. The van der Waals surface area contributed by atoms with E-state index in [0.717, 1.165) is 21.3 Å². The summed E-state index contributed by atoms with van der Waals surface area (Å²) in [6.45, 7) is 4.19. The molecule has 1 heterocycles. The maximum Gasteiger partial charge on any atom is 0.336 e. The Morgan fingerprint density at radius 2 is 1.90 bits per heavy atom. The van der Waals surface area contributed by atoms with Crippen LogP contribution in [0.1, 0.15) is 41.3 Å². The number of benzene rings is 2. The van der Waals surface area contributed by atoms with Gasteiger partial charge in [0.2, 0.25) is 0 Å². The van der Waals surface area contributed by atoms with Gasteiger partial charge in [0.25, 0.3) is 0 Å². The lowest BCUT2D eigenvalue weighted by molar-refractivity contribution is -0.136. The molecule has 0 radical (unpaired) electrons. The van der Waals surface area contributed by atoms with Crippen LogP contribution >= 0.6 is 15.9 Å². The third kappa shape index (κ3) is 3.08. The Hall–Kier alpha value is -2.86. The van der Waals surface area contributed by atoms with Crippen molar-refractivity contribution in [3.63, 3.8) is 0 Å². The van der Waals surface area contributed by atoms with E-state index >= 15 is 0 Å². The topological polar surface area (TPSA) is 64.6 Å². The molecule has 148 valence electrons. The summed E-state index contributed by atoms with van der Waals surface area (Å²) in [6, 6.07) is 13.1. The second-order valence-corrected chi connectivity index (χ2v) is 7.78. The Bertz CT molecular complexity index is 1100. The van der Waals surface area contributed by atoms with Gasteiger partial charge in [0.1, 0.15) is 5.75 Å². The van der Waals surface area contributed by atoms with Crippen molar-refractivity contribution in [2.24, 2.45) is 0 Å². The summed E-state index contributed by atoms with van der Waals surface area (Å²) >= 11 is 3.51. The molecule has 1 aliphatic heterocycles. The highest BCUT2D eigenvalue weighted by atomic mass is 79.9. The minimum Gasteiger partial charge on any atom is -0.494 e. The van der Waals surface area contributed by atoms with Crippen molar-refractivity contribution < 1.29 is 19.1 Å². The number of dihydropyridines is 1. The fourth-order valence-corrected chi connectivity index (χ4v) is 4.43. The molecule has 0 fully saturated rings. The highest BCUT2D eigenvalue weighted by molar-refractivity contribution is 9.10. The molecule has 29 heavy (non-hydrogen) atoms. The Morgan fingerprint density at radius 1 is 1.17 bits per heavy atom. The van der Waals surface area contributed by atoms with E-state index in [-0.39, 0.29) is 5.78 Å². The standard InChI is InChI=1S/C23H20BrNO4/c1-4-29-17-10-9-13(24)11-16(17)19-18(23(27)28-3)12(2)25-21-14-7-5-6-8-15(14)22(26)20(19)21/h5-11,19,25H,4H2,1-3H3/t19-/m0/s1. The van der Waals surface area contributed by atoms with Crippen LogP contribution in [0.3, 0.4) is 0 Å². The monoisotopic (exact) mass is 453 g/mol. The zero-order valence-electron chi connectivity index (χ0n) is 16.3. The summed E-state index contributed by atoms with van der Waals surface area (Å²) in [5, 5.41) is 3.28. The van der Waals surface area contributed by atoms with E-state index in [4.69, 9.17) is 9.47 Å². The maximum atomic E-state index is 13.4. The molecule has 0 amide bonds. The van der Waals surface area contributed by atoms with Crippen LogP contribution in [-0.2, 0) is 9.53 Å². The molecule has 1 atom stereocenters. The van der Waals surface area contributed by atoms with Crippen molar-refractivity contribution in [3.8, 4) is 5.75 Å². The van der Waals surface area contributed by atoms with E-state index in [9.17, 15) is 9.59 Å². The van der Waals surface area contributed by atoms with E-state index in [1.807, 2.05) is 56.3 Å². The van der Waals surface area contributed by atoms with Gasteiger partial charge in [-0.1, -0.05) is 40.2 Å². The summed E-state index contributed by atoms with van der Waals surface area (Å²) in [5.74, 6) is -0.535. The van der Waals surface area contributed by atoms with Gasteiger partial charge in [-0.05, 0) is 32.0 Å². The second kappa shape index (κ2) is 7.52. The molecule has 2 aromatic carbocycles.